The van der Waals surface area contributed by atoms with Gasteiger partial charge in [0.25, 0.3) is 0 Å². The Labute approximate surface area is 100 Å². The second kappa shape index (κ2) is 4.64. The van der Waals surface area contributed by atoms with E-state index in [-0.39, 0.29) is 26.2 Å². The maximum Gasteiger partial charge on any atom is 0 e. The zero-order valence-corrected chi connectivity index (χ0v) is 11.0. The quantitative estimate of drug-likeness (QED) is 0.723. The van der Waals surface area contributed by atoms with Crippen LogP contribution in [0.1, 0.15) is 43.7 Å². The molecule has 70 valence electrons. The van der Waals surface area contributed by atoms with E-state index < -0.39 is 0 Å². The van der Waals surface area contributed by atoms with Crippen molar-refractivity contribution in [1.29, 1.82) is 0 Å². The molecule has 0 amide bonds. The minimum absolute atomic E-state index is 0. The summed E-state index contributed by atoms with van der Waals surface area (Å²) in [6, 6.07) is 7.01. The van der Waals surface area contributed by atoms with Crippen molar-refractivity contribution in [3.05, 3.63) is 29.3 Å². The molecule has 0 spiro atoms. The van der Waals surface area contributed by atoms with E-state index in [0.29, 0.717) is 0 Å². The van der Waals surface area contributed by atoms with Crippen molar-refractivity contribution in [3.8, 4) is 0 Å². The standard InChI is InChI=1S/C12H17.Zr/c1-9(2)7-10-3-4-12(8-10)11-5-6-11;/h3-4,8-9,11H,5-7H2,1-2H3;/q-1;. The molecule has 1 heteroatoms. The monoisotopic (exact) mass is 251 g/mol. The van der Waals surface area contributed by atoms with Crippen LogP contribution in [0.3, 0.4) is 0 Å². The van der Waals surface area contributed by atoms with Crippen LogP contribution in [0.25, 0.3) is 0 Å². The molecule has 0 unspecified atom stereocenters. The molecule has 0 nitrogen and oxygen atoms in total. The third kappa shape index (κ3) is 3.13. The molecular formula is C12H17Zr-. The Balaban J connectivity index is 0.000000845. The molecule has 1 aliphatic rings. The molecule has 13 heavy (non-hydrogen) atoms. The van der Waals surface area contributed by atoms with Crippen molar-refractivity contribution >= 4 is 0 Å². The second-order valence-corrected chi connectivity index (χ2v) is 4.42. The van der Waals surface area contributed by atoms with Crippen LogP contribution in [0.2, 0.25) is 0 Å². The molecule has 2 rings (SSSR count). The fourth-order valence-electron chi connectivity index (χ4n) is 1.78. The predicted molar refractivity (Wildman–Crippen MR) is 52.6 cm³/mol. The van der Waals surface area contributed by atoms with Crippen LogP contribution in [0.4, 0.5) is 0 Å². The Morgan fingerprint density at radius 2 is 2.15 bits per heavy atom. The molecule has 1 aromatic rings. The molecule has 0 radical (unpaired) electrons. The van der Waals surface area contributed by atoms with Crippen molar-refractivity contribution in [1.82, 2.24) is 0 Å². The van der Waals surface area contributed by atoms with Gasteiger partial charge in [-0.15, -0.1) is 0 Å². The maximum absolute atomic E-state index is 2.40. The Kier molecular flexibility index (Phi) is 4.04. The number of hydrogen-bond donors (Lipinski definition) is 0. The third-order valence-electron chi connectivity index (χ3n) is 2.53. The van der Waals surface area contributed by atoms with E-state index in [1.165, 1.54) is 24.8 Å². The molecule has 0 aromatic heterocycles. The first-order valence-electron chi connectivity index (χ1n) is 5.01. The SMILES string of the molecule is CC(C)Cc1cc(C2CC2)c[cH-]1.[Zr]. The van der Waals surface area contributed by atoms with Crippen LogP contribution in [0, 0.1) is 5.92 Å². The van der Waals surface area contributed by atoms with Crippen LogP contribution in [0.15, 0.2) is 18.2 Å². The maximum atomic E-state index is 2.40. The van der Waals surface area contributed by atoms with Gasteiger partial charge >= 0.3 is 0 Å². The van der Waals surface area contributed by atoms with E-state index in [9.17, 15) is 0 Å². The van der Waals surface area contributed by atoms with Gasteiger partial charge in [-0.25, -0.2) is 6.07 Å². The Morgan fingerprint density at radius 1 is 1.46 bits per heavy atom. The summed E-state index contributed by atoms with van der Waals surface area (Å²) in [5.41, 5.74) is 3.12. The van der Waals surface area contributed by atoms with Crippen molar-refractivity contribution in [2.45, 2.75) is 39.0 Å². The van der Waals surface area contributed by atoms with Gasteiger partial charge in [-0.3, -0.25) is 0 Å². The molecule has 0 N–H and O–H groups in total. The van der Waals surface area contributed by atoms with Gasteiger partial charge in [0.1, 0.15) is 0 Å². The average molecular weight is 252 g/mol. The van der Waals surface area contributed by atoms with Gasteiger partial charge in [-0.05, 0) is 12.3 Å². The fourth-order valence-corrected chi connectivity index (χ4v) is 1.78. The second-order valence-electron chi connectivity index (χ2n) is 4.42. The van der Waals surface area contributed by atoms with Gasteiger partial charge in [0, 0.05) is 26.2 Å². The molecule has 1 aromatic carbocycles. The van der Waals surface area contributed by atoms with Gasteiger partial charge in [0.15, 0.2) is 0 Å². The van der Waals surface area contributed by atoms with E-state index >= 15 is 0 Å². The molecule has 1 fully saturated rings. The zero-order valence-electron chi connectivity index (χ0n) is 8.51. The van der Waals surface area contributed by atoms with Crippen LogP contribution >= 0.6 is 0 Å². The van der Waals surface area contributed by atoms with Gasteiger partial charge in [-0.2, -0.15) is 23.3 Å². The minimum atomic E-state index is 0. The summed E-state index contributed by atoms with van der Waals surface area (Å²) in [7, 11) is 0. The van der Waals surface area contributed by atoms with E-state index in [0.717, 1.165) is 11.8 Å². The van der Waals surface area contributed by atoms with E-state index in [4.69, 9.17) is 0 Å². The van der Waals surface area contributed by atoms with E-state index in [2.05, 4.69) is 32.0 Å². The van der Waals surface area contributed by atoms with Crippen molar-refractivity contribution in [3.63, 3.8) is 0 Å². The van der Waals surface area contributed by atoms with Crippen LogP contribution in [-0.4, -0.2) is 0 Å². The van der Waals surface area contributed by atoms with Crippen LogP contribution < -0.4 is 0 Å². The number of rotatable bonds is 3. The largest absolute Gasteiger partial charge is 0.207 e. The topological polar surface area (TPSA) is 0 Å². The fraction of sp³-hybridized carbons (Fsp3) is 0.583. The molecule has 0 aliphatic heterocycles. The first-order valence-corrected chi connectivity index (χ1v) is 5.01. The summed E-state index contributed by atoms with van der Waals surface area (Å²) in [5, 5.41) is 0. The molecule has 0 bridgehead atoms. The molecule has 0 atom stereocenters. The van der Waals surface area contributed by atoms with Crippen molar-refractivity contribution < 1.29 is 26.2 Å². The summed E-state index contributed by atoms with van der Waals surface area (Å²) in [6.07, 6.45) is 4.09. The van der Waals surface area contributed by atoms with Gasteiger partial charge < -0.3 is 0 Å². The van der Waals surface area contributed by atoms with Gasteiger partial charge in [0.2, 0.25) is 0 Å². The first kappa shape index (κ1) is 11.3. The summed E-state index contributed by atoms with van der Waals surface area (Å²) < 4.78 is 0. The average Bonchev–Trinajstić information content (AvgIpc) is 2.73. The summed E-state index contributed by atoms with van der Waals surface area (Å²) in [6.45, 7) is 4.56. The zero-order chi connectivity index (χ0) is 8.55. The predicted octanol–water partition coefficient (Wildman–Crippen LogP) is 3.48. The smallest absolute Gasteiger partial charge is 0 e. The Hall–Kier alpha value is 0.233. The van der Waals surface area contributed by atoms with Crippen LogP contribution in [0.5, 0.6) is 0 Å². The molecule has 0 heterocycles. The van der Waals surface area contributed by atoms with Gasteiger partial charge in [0.05, 0.1) is 0 Å². The normalized spacial score (nSPS) is 15.9. The van der Waals surface area contributed by atoms with E-state index in [1.807, 2.05) is 0 Å². The Bertz CT molecular complexity index is 256. The van der Waals surface area contributed by atoms with Gasteiger partial charge in [-0.1, -0.05) is 32.6 Å². The third-order valence-corrected chi connectivity index (χ3v) is 2.53. The summed E-state index contributed by atoms with van der Waals surface area (Å²) >= 11 is 0. The summed E-state index contributed by atoms with van der Waals surface area (Å²) in [5.74, 6) is 1.71. The van der Waals surface area contributed by atoms with Crippen molar-refractivity contribution in [2.24, 2.45) is 5.92 Å². The number of hydrogen-bond acceptors (Lipinski definition) is 0. The molecule has 0 saturated heterocycles. The minimum Gasteiger partial charge on any atom is -0.207 e. The Morgan fingerprint density at radius 3 is 2.69 bits per heavy atom. The van der Waals surface area contributed by atoms with Crippen LogP contribution in [-0.2, 0) is 32.6 Å². The van der Waals surface area contributed by atoms with Crippen molar-refractivity contribution in [2.75, 3.05) is 0 Å². The summed E-state index contributed by atoms with van der Waals surface area (Å²) in [4.78, 5) is 0. The van der Waals surface area contributed by atoms with E-state index in [1.54, 1.807) is 5.56 Å². The molecular weight excluding hydrogens is 235 g/mol. The molecule has 1 aliphatic carbocycles. The first-order chi connectivity index (χ1) is 5.75. The molecule has 1 saturated carbocycles.